The second-order valence-corrected chi connectivity index (χ2v) is 4.52. The van der Waals surface area contributed by atoms with Crippen LogP contribution in [0.15, 0.2) is 30.1 Å². The number of amides is 1. The Kier molecular flexibility index (Phi) is 4.50. The first kappa shape index (κ1) is 15.6. The number of carbonyl (C=O) groups is 1. The molecular formula is C14H12F2N2O4. The first-order valence-electron chi connectivity index (χ1n) is 6.38. The predicted octanol–water partition coefficient (Wildman–Crippen LogP) is 3.44. The van der Waals surface area contributed by atoms with Gasteiger partial charge in [-0.2, -0.15) is 0 Å². The van der Waals surface area contributed by atoms with E-state index in [9.17, 15) is 23.7 Å². The number of anilines is 1. The molecule has 0 saturated heterocycles. The molecule has 0 heterocycles. The van der Waals surface area contributed by atoms with Crippen LogP contribution in [0.1, 0.15) is 19.8 Å². The zero-order chi connectivity index (χ0) is 16.3. The second-order valence-electron chi connectivity index (χ2n) is 4.52. The van der Waals surface area contributed by atoms with Crippen LogP contribution in [-0.4, -0.2) is 10.8 Å². The molecular weight excluding hydrogens is 298 g/mol. The molecule has 1 aromatic rings. The van der Waals surface area contributed by atoms with E-state index in [1.54, 1.807) is 12.2 Å². The molecule has 1 N–H and O–H groups in total. The molecule has 0 unspecified atom stereocenters. The number of hydrogen-bond donors (Lipinski definition) is 1. The van der Waals surface area contributed by atoms with Gasteiger partial charge in [-0.1, -0.05) is 6.08 Å². The Morgan fingerprint density at radius 3 is 2.64 bits per heavy atom. The lowest BCUT2D eigenvalue weighted by Gasteiger charge is -2.13. The van der Waals surface area contributed by atoms with Crippen LogP contribution >= 0.6 is 0 Å². The fourth-order valence-electron chi connectivity index (χ4n) is 1.94. The summed E-state index contributed by atoms with van der Waals surface area (Å²) < 4.78 is 32.9. The summed E-state index contributed by atoms with van der Waals surface area (Å²) in [7, 11) is 0. The molecule has 6 nitrogen and oxygen atoms in total. The highest BCUT2D eigenvalue weighted by atomic mass is 19.1. The number of nitro groups is 1. The molecule has 22 heavy (non-hydrogen) atoms. The number of nitrogens with zero attached hydrogens (tertiary/aromatic N) is 1. The van der Waals surface area contributed by atoms with E-state index in [1.807, 2.05) is 5.32 Å². The lowest BCUT2D eigenvalue weighted by molar-refractivity contribution is -0.385. The zero-order valence-electron chi connectivity index (χ0n) is 11.6. The van der Waals surface area contributed by atoms with E-state index in [0.29, 0.717) is 12.5 Å². The molecule has 1 aliphatic carbocycles. The van der Waals surface area contributed by atoms with E-state index in [1.165, 1.54) is 6.08 Å². The van der Waals surface area contributed by atoms with Crippen LogP contribution in [-0.2, 0) is 4.79 Å². The molecule has 1 aliphatic rings. The van der Waals surface area contributed by atoms with Gasteiger partial charge in [-0.15, -0.1) is 0 Å². The first-order valence-corrected chi connectivity index (χ1v) is 6.38. The van der Waals surface area contributed by atoms with Crippen molar-refractivity contribution in [2.45, 2.75) is 19.8 Å². The summed E-state index contributed by atoms with van der Waals surface area (Å²) in [5, 5.41) is 13.2. The molecule has 116 valence electrons. The highest BCUT2D eigenvalue weighted by Gasteiger charge is 2.30. The van der Waals surface area contributed by atoms with Gasteiger partial charge in [-0.05, 0) is 25.0 Å². The Morgan fingerprint density at radius 2 is 2.09 bits per heavy atom. The molecule has 2 rings (SSSR count). The molecule has 0 fully saturated rings. The molecule has 0 bridgehead atoms. The molecule has 0 atom stereocenters. The van der Waals surface area contributed by atoms with Gasteiger partial charge in [0.05, 0.1) is 4.92 Å². The van der Waals surface area contributed by atoms with Crippen molar-refractivity contribution in [3.63, 3.8) is 0 Å². The molecule has 0 radical (unpaired) electrons. The molecule has 1 aromatic carbocycles. The minimum atomic E-state index is -1.25. The normalized spacial score (nSPS) is 13.5. The maximum atomic E-state index is 13.9. The van der Waals surface area contributed by atoms with Gasteiger partial charge < -0.3 is 10.1 Å². The Bertz CT molecular complexity index is 699. The van der Waals surface area contributed by atoms with Gasteiger partial charge >= 0.3 is 5.69 Å². The topological polar surface area (TPSA) is 81.5 Å². The van der Waals surface area contributed by atoms with Gasteiger partial charge in [0, 0.05) is 13.0 Å². The Hall–Kier alpha value is -2.77. The fourth-order valence-corrected chi connectivity index (χ4v) is 1.94. The van der Waals surface area contributed by atoms with Crippen LogP contribution in [0.5, 0.6) is 5.75 Å². The summed E-state index contributed by atoms with van der Waals surface area (Å²) in [6, 6.07) is 0.431. The first-order chi connectivity index (χ1) is 10.4. The SMILES string of the molecule is CC(=O)Nc1c(F)cc(F)c(OC2=CCCC=C2)c1[N+](=O)[O-]. The van der Waals surface area contributed by atoms with Crippen molar-refractivity contribution in [3.05, 3.63) is 51.8 Å². The second kappa shape index (κ2) is 6.33. The zero-order valence-corrected chi connectivity index (χ0v) is 11.6. The monoisotopic (exact) mass is 310 g/mol. The van der Waals surface area contributed by atoms with Crippen molar-refractivity contribution in [2.24, 2.45) is 0 Å². The predicted molar refractivity (Wildman–Crippen MR) is 74.4 cm³/mol. The summed E-state index contributed by atoms with van der Waals surface area (Å²) in [5.41, 5.74) is -1.69. The fraction of sp³-hybridized carbons (Fsp3) is 0.214. The highest BCUT2D eigenvalue weighted by molar-refractivity contribution is 5.92. The van der Waals surface area contributed by atoms with Crippen molar-refractivity contribution in [1.82, 2.24) is 0 Å². The van der Waals surface area contributed by atoms with Gasteiger partial charge in [0.2, 0.25) is 11.7 Å². The molecule has 0 spiro atoms. The molecule has 0 aliphatic heterocycles. The van der Waals surface area contributed by atoms with Crippen molar-refractivity contribution >= 4 is 17.3 Å². The number of nitro benzene ring substituents is 1. The standard InChI is InChI=1S/C14H12F2N2O4/c1-8(19)17-12-10(15)7-11(16)14(13(12)18(20)21)22-9-5-3-2-4-6-9/h3,5-7H,2,4H2,1H3,(H,17,19). The summed E-state index contributed by atoms with van der Waals surface area (Å²) in [5.74, 6) is -3.73. The summed E-state index contributed by atoms with van der Waals surface area (Å²) in [6.45, 7) is 1.06. The van der Waals surface area contributed by atoms with Gasteiger partial charge in [-0.3, -0.25) is 14.9 Å². The number of halogens is 2. The summed E-state index contributed by atoms with van der Waals surface area (Å²) in [6.07, 6.45) is 6.34. The van der Waals surface area contributed by atoms with E-state index < -0.39 is 39.6 Å². The lowest BCUT2D eigenvalue weighted by Crippen LogP contribution is -2.12. The Labute approximate surface area is 124 Å². The molecule has 0 saturated carbocycles. The maximum Gasteiger partial charge on any atom is 0.340 e. The Balaban J connectivity index is 2.55. The highest BCUT2D eigenvalue weighted by Crippen LogP contribution is 2.40. The van der Waals surface area contributed by atoms with Crippen LogP contribution in [0.4, 0.5) is 20.2 Å². The number of ether oxygens (including phenoxy) is 1. The number of benzene rings is 1. The number of allylic oxidation sites excluding steroid dienone is 3. The number of hydrogen-bond acceptors (Lipinski definition) is 4. The van der Waals surface area contributed by atoms with E-state index in [-0.39, 0.29) is 5.76 Å². The number of nitrogens with one attached hydrogen (secondary N) is 1. The van der Waals surface area contributed by atoms with E-state index in [4.69, 9.17) is 4.74 Å². The van der Waals surface area contributed by atoms with Crippen LogP contribution in [0.2, 0.25) is 0 Å². The largest absolute Gasteiger partial charge is 0.447 e. The number of rotatable bonds is 4. The van der Waals surface area contributed by atoms with Crippen LogP contribution in [0.25, 0.3) is 0 Å². The third kappa shape index (κ3) is 3.27. The lowest BCUT2D eigenvalue weighted by atomic mass is 10.1. The third-order valence-electron chi connectivity index (χ3n) is 2.83. The van der Waals surface area contributed by atoms with Gasteiger partial charge in [0.15, 0.2) is 17.3 Å². The van der Waals surface area contributed by atoms with Crippen molar-refractivity contribution in [3.8, 4) is 5.75 Å². The molecule has 8 heteroatoms. The molecule has 1 amide bonds. The third-order valence-corrected chi connectivity index (χ3v) is 2.83. The van der Waals surface area contributed by atoms with E-state index in [2.05, 4.69) is 0 Å². The quantitative estimate of drug-likeness (QED) is 0.682. The van der Waals surface area contributed by atoms with Crippen molar-refractivity contribution in [1.29, 1.82) is 0 Å². The minimum absolute atomic E-state index is 0.216. The van der Waals surface area contributed by atoms with Crippen molar-refractivity contribution < 1.29 is 23.2 Å². The van der Waals surface area contributed by atoms with Gasteiger partial charge in [0.25, 0.3) is 0 Å². The smallest absolute Gasteiger partial charge is 0.340 e. The van der Waals surface area contributed by atoms with Gasteiger partial charge in [-0.25, -0.2) is 8.78 Å². The average molecular weight is 310 g/mol. The molecule has 0 aromatic heterocycles. The summed E-state index contributed by atoms with van der Waals surface area (Å²) in [4.78, 5) is 21.2. The van der Waals surface area contributed by atoms with Gasteiger partial charge in [0.1, 0.15) is 5.76 Å². The van der Waals surface area contributed by atoms with Crippen LogP contribution in [0.3, 0.4) is 0 Å². The average Bonchev–Trinajstić information content (AvgIpc) is 2.44. The Morgan fingerprint density at radius 1 is 1.36 bits per heavy atom. The van der Waals surface area contributed by atoms with E-state index >= 15 is 0 Å². The number of carbonyl (C=O) groups excluding carboxylic acids is 1. The maximum absolute atomic E-state index is 13.9. The van der Waals surface area contributed by atoms with Crippen LogP contribution in [0, 0.1) is 21.7 Å². The minimum Gasteiger partial charge on any atom is -0.447 e. The summed E-state index contributed by atoms with van der Waals surface area (Å²) >= 11 is 0. The van der Waals surface area contributed by atoms with Crippen molar-refractivity contribution in [2.75, 3.05) is 5.32 Å². The van der Waals surface area contributed by atoms with E-state index in [0.717, 1.165) is 13.3 Å². The van der Waals surface area contributed by atoms with Crippen LogP contribution < -0.4 is 10.1 Å².